The Balaban J connectivity index is 1.67. The first-order chi connectivity index (χ1) is 9.36. The zero-order valence-electron chi connectivity index (χ0n) is 10.7. The van der Waals surface area contributed by atoms with Gasteiger partial charge in [0.05, 0.1) is 0 Å². The van der Waals surface area contributed by atoms with E-state index in [9.17, 15) is 0 Å². The number of hydrogen-bond donors (Lipinski definition) is 1. The summed E-state index contributed by atoms with van der Waals surface area (Å²) in [5.41, 5.74) is 1.07. The highest BCUT2D eigenvalue weighted by atomic mass is 32.1. The van der Waals surface area contributed by atoms with E-state index in [1.807, 2.05) is 18.2 Å². The van der Waals surface area contributed by atoms with Crippen molar-refractivity contribution in [1.29, 1.82) is 0 Å². The molecule has 5 nitrogen and oxygen atoms in total. The molecule has 0 bridgehead atoms. The number of para-hydroxylation sites is 1. The molecule has 0 amide bonds. The molecule has 1 aromatic heterocycles. The lowest BCUT2D eigenvalue weighted by molar-refractivity contribution is 0.173. The summed E-state index contributed by atoms with van der Waals surface area (Å²) in [6, 6.07) is 5.90. The van der Waals surface area contributed by atoms with Crippen molar-refractivity contribution in [2.75, 3.05) is 12.1 Å². The fourth-order valence-electron chi connectivity index (χ4n) is 1.95. The number of aryl methyl sites for hydroxylation is 1. The molecular formula is C13H15N3O2S. The average molecular weight is 277 g/mol. The summed E-state index contributed by atoms with van der Waals surface area (Å²) in [4.78, 5) is 4.43. The van der Waals surface area contributed by atoms with E-state index >= 15 is 0 Å². The summed E-state index contributed by atoms with van der Waals surface area (Å²) in [7, 11) is 0. The van der Waals surface area contributed by atoms with Crippen molar-refractivity contribution in [2.45, 2.75) is 26.3 Å². The minimum absolute atomic E-state index is 0.297. The topological polar surface area (TPSA) is 56.3 Å². The van der Waals surface area contributed by atoms with Crippen molar-refractivity contribution in [3.05, 3.63) is 29.6 Å². The van der Waals surface area contributed by atoms with Crippen LogP contribution >= 0.6 is 11.5 Å². The number of hydrogen-bond acceptors (Lipinski definition) is 6. The van der Waals surface area contributed by atoms with Crippen LogP contribution in [0.3, 0.4) is 0 Å². The Kier molecular flexibility index (Phi) is 3.50. The minimum atomic E-state index is 0.297. The maximum Gasteiger partial charge on any atom is 0.231 e. The smallest absolute Gasteiger partial charge is 0.231 e. The molecular weight excluding hydrogens is 262 g/mol. The number of anilines is 1. The Morgan fingerprint density at radius 3 is 3.21 bits per heavy atom. The van der Waals surface area contributed by atoms with Crippen molar-refractivity contribution in [1.82, 2.24) is 9.36 Å². The predicted molar refractivity (Wildman–Crippen MR) is 73.8 cm³/mol. The van der Waals surface area contributed by atoms with Crippen molar-refractivity contribution < 1.29 is 9.47 Å². The summed E-state index contributed by atoms with van der Waals surface area (Å²) >= 11 is 1.40. The third-order valence-corrected chi connectivity index (χ3v) is 3.56. The maximum atomic E-state index is 5.47. The molecule has 0 aliphatic carbocycles. The first kappa shape index (κ1) is 12.2. The molecule has 1 aliphatic heterocycles. The first-order valence-corrected chi connectivity index (χ1v) is 7.08. The molecule has 0 unspecified atom stereocenters. The minimum Gasteiger partial charge on any atom is -0.454 e. The summed E-state index contributed by atoms with van der Waals surface area (Å²) in [5.74, 6) is 2.55. The summed E-state index contributed by atoms with van der Waals surface area (Å²) in [6.07, 6.45) is 1.99. The SMILES string of the molecule is CCCc1nsc(NCc2cccc3c2OCO3)n1. The fraction of sp³-hybridized carbons (Fsp3) is 0.385. The number of nitrogens with zero attached hydrogens (tertiary/aromatic N) is 2. The summed E-state index contributed by atoms with van der Waals surface area (Å²) in [5, 5.41) is 4.13. The third-order valence-electron chi connectivity index (χ3n) is 2.85. The molecule has 0 radical (unpaired) electrons. The second-order valence-corrected chi connectivity index (χ2v) is 5.02. The van der Waals surface area contributed by atoms with Gasteiger partial charge in [-0.1, -0.05) is 19.1 Å². The van der Waals surface area contributed by atoms with Crippen LogP contribution in [-0.4, -0.2) is 16.2 Å². The zero-order chi connectivity index (χ0) is 13.1. The molecule has 19 heavy (non-hydrogen) atoms. The lowest BCUT2D eigenvalue weighted by atomic mass is 10.2. The fourth-order valence-corrected chi connectivity index (χ4v) is 2.56. The van der Waals surface area contributed by atoms with Crippen LogP contribution in [0.25, 0.3) is 0 Å². The van der Waals surface area contributed by atoms with Gasteiger partial charge >= 0.3 is 0 Å². The highest BCUT2D eigenvalue weighted by Crippen LogP contribution is 2.35. The molecule has 3 rings (SSSR count). The number of nitrogens with one attached hydrogen (secondary N) is 1. The third kappa shape index (κ3) is 2.63. The Morgan fingerprint density at radius 1 is 1.37 bits per heavy atom. The van der Waals surface area contributed by atoms with Crippen molar-refractivity contribution in [3.8, 4) is 11.5 Å². The van der Waals surface area contributed by atoms with Crippen molar-refractivity contribution >= 4 is 16.7 Å². The Bertz CT molecular complexity index is 571. The van der Waals surface area contributed by atoms with Gasteiger partial charge in [-0.3, -0.25) is 0 Å². The quantitative estimate of drug-likeness (QED) is 0.910. The first-order valence-electron chi connectivity index (χ1n) is 6.30. The van der Waals surface area contributed by atoms with Crippen LogP contribution in [0.15, 0.2) is 18.2 Å². The van der Waals surface area contributed by atoms with E-state index < -0.39 is 0 Å². The molecule has 2 heterocycles. The van der Waals surface area contributed by atoms with Crippen molar-refractivity contribution in [3.63, 3.8) is 0 Å². The van der Waals surface area contributed by atoms with Gasteiger partial charge in [0.1, 0.15) is 5.82 Å². The predicted octanol–water partition coefficient (Wildman–Crippen LogP) is 2.83. The number of rotatable bonds is 5. The van der Waals surface area contributed by atoms with Gasteiger partial charge in [-0.2, -0.15) is 4.37 Å². The average Bonchev–Trinajstić information content (AvgIpc) is 3.05. The van der Waals surface area contributed by atoms with Crippen LogP contribution in [-0.2, 0) is 13.0 Å². The van der Waals surface area contributed by atoms with Gasteiger partial charge < -0.3 is 14.8 Å². The maximum absolute atomic E-state index is 5.47. The molecule has 0 saturated heterocycles. The standard InChI is InChI=1S/C13H15N3O2S/c1-2-4-11-15-13(19-16-11)14-7-9-5-3-6-10-12(9)18-8-17-10/h3,5-6H,2,4,7-8H2,1H3,(H,14,15,16). The molecule has 0 spiro atoms. The molecule has 0 atom stereocenters. The number of benzene rings is 1. The van der Waals surface area contributed by atoms with E-state index in [2.05, 4.69) is 21.6 Å². The normalized spacial score (nSPS) is 12.7. The lowest BCUT2D eigenvalue weighted by Gasteiger charge is -2.05. The second kappa shape index (κ2) is 5.44. The number of ether oxygens (including phenoxy) is 2. The highest BCUT2D eigenvalue weighted by Gasteiger charge is 2.17. The molecule has 1 aliphatic rings. The van der Waals surface area contributed by atoms with Gasteiger partial charge in [0.15, 0.2) is 11.5 Å². The van der Waals surface area contributed by atoms with Crippen LogP contribution in [0.1, 0.15) is 24.7 Å². The molecule has 0 saturated carbocycles. The molecule has 1 aromatic carbocycles. The molecule has 2 aromatic rings. The number of fused-ring (bicyclic) bond motifs is 1. The van der Waals surface area contributed by atoms with Crippen molar-refractivity contribution in [2.24, 2.45) is 0 Å². The second-order valence-electron chi connectivity index (χ2n) is 4.27. The molecule has 100 valence electrons. The van der Waals surface area contributed by atoms with Crippen LogP contribution in [0.5, 0.6) is 11.5 Å². The van der Waals surface area contributed by atoms with Crippen LogP contribution in [0.4, 0.5) is 5.13 Å². The van der Waals surface area contributed by atoms with Gasteiger partial charge in [-0.15, -0.1) is 0 Å². The van der Waals surface area contributed by atoms with Crippen LogP contribution < -0.4 is 14.8 Å². The Labute approximate surface area is 115 Å². The monoisotopic (exact) mass is 277 g/mol. The molecule has 1 N–H and O–H groups in total. The van der Waals surface area contributed by atoms with Gasteiger partial charge in [0.25, 0.3) is 0 Å². The summed E-state index contributed by atoms with van der Waals surface area (Å²) < 4.78 is 15.1. The van der Waals surface area contributed by atoms with Crippen LogP contribution in [0, 0.1) is 0 Å². The number of aromatic nitrogens is 2. The Hall–Kier alpha value is -1.82. The summed E-state index contributed by atoms with van der Waals surface area (Å²) in [6.45, 7) is 3.08. The van der Waals surface area contributed by atoms with E-state index in [0.29, 0.717) is 13.3 Å². The van der Waals surface area contributed by atoms with E-state index in [4.69, 9.17) is 9.47 Å². The Morgan fingerprint density at radius 2 is 2.32 bits per heavy atom. The molecule has 0 fully saturated rings. The van der Waals surface area contributed by atoms with Gasteiger partial charge in [-0.25, -0.2) is 4.98 Å². The highest BCUT2D eigenvalue weighted by molar-refractivity contribution is 7.09. The van der Waals surface area contributed by atoms with Gasteiger partial charge in [0.2, 0.25) is 11.9 Å². The largest absolute Gasteiger partial charge is 0.454 e. The van der Waals surface area contributed by atoms with E-state index in [1.54, 1.807) is 0 Å². The van der Waals surface area contributed by atoms with Gasteiger partial charge in [0, 0.05) is 30.1 Å². The van der Waals surface area contributed by atoms with E-state index in [0.717, 1.165) is 40.9 Å². The van der Waals surface area contributed by atoms with Gasteiger partial charge in [-0.05, 0) is 12.5 Å². The molecule has 6 heteroatoms. The van der Waals surface area contributed by atoms with Crippen LogP contribution in [0.2, 0.25) is 0 Å². The van der Waals surface area contributed by atoms with E-state index in [-0.39, 0.29) is 0 Å². The zero-order valence-corrected chi connectivity index (χ0v) is 11.5. The van der Waals surface area contributed by atoms with E-state index in [1.165, 1.54) is 11.5 Å². The lowest BCUT2D eigenvalue weighted by Crippen LogP contribution is -2.01.